The number of sulfonamides is 1. The zero-order valence-electron chi connectivity index (χ0n) is 15.7. The SMILES string of the molecule is Cc1cc(C(=O)NNC(=O)CCNS(=O)(=O)c2ccc(C)c(C)c2)c(C)o1. The van der Waals surface area contributed by atoms with Gasteiger partial charge in [-0.15, -0.1) is 0 Å². The summed E-state index contributed by atoms with van der Waals surface area (Å²) in [5, 5.41) is 0. The normalized spacial score (nSPS) is 11.3. The van der Waals surface area contributed by atoms with E-state index >= 15 is 0 Å². The van der Waals surface area contributed by atoms with E-state index in [1.165, 1.54) is 6.07 Å². The molecule has 2 rings (SSSR count). The molecular weight excluding hydrogens is 370 g/mol. The van der Waals surface area contributed by atoms with Crippen LogP contribution in [0.5, 0.6) is 0 Å². The Morgan fingerprint density at radius 2 is 1.70 bits per heavy atom. The number of carbonyl (C=O) groups excluding carboxylic acids is 2. The number of aryl methyl sites for hydroxylation is 4. The van der Waals surface area contributed by atoms with Gasteiger partial charge in [-0.25, -0.2) is 13.1 Å². The first-order valence-electron chi connectivity index (χ1n) is 8.33. The minimum Gasteiger partial charge on any atom is -0.466 e. The number of hydrazine groups is 1. The highest BCUT2D eigenvalue weighted by atomic mass is 32.2. The van der Waals surface area contributed by atoms with E-state index in [-0.39, 0.29) is 17.9 Å². The first-order valence-corrected chi connectivity index (χ1v) is 9.81. The molecule has 27 heavy (non-hydrogen) atoms. The van der Waals surface area contributed by atoms with Gasteiger partial charge in [-0.05, 0) is 57.0 Å². The van der Waals surface area contributed by atoms with Crippen LogP contribution in [0, 0.1) is 27.7 Å². The molecule has 0 fully saturated rings. The third kappa shape index (κ3) is 5.41. The molecule has 1 aromatic carbocycles. The fourth-order valence-corrected chi connectivity index (χ4v) is 3.49. The quantitative estimate of drug-likeness (QED) is 0.645. The molecule has 0 saturated heterocycles. The molecule has 0 aliphatic carbocycles. The van der Waals surface area contributed by atoms with Gasteiger partial charge >= 0.3 is 0 Å². The maximum Gasteiger partial charge on any atom is 0.273 e. The Bertz CT molecular complexity index is 963. The molecule has 2 aromatic rings. The number of amides is 2. The number of benzene rings is 1. The van der Waals surface area contributed by atoms with Crippen molar-refractivity contribution in [3.63, 3.8) is 0 Å². The third-order valence-electron chi connectivity index (χ3n) is 4.03. The van der Waals surface area contributed by atoms with E-state index in [2.05, 4.69) is 15.6 Å². The molecule has 0 aliphatic heterocycles. The number of furan rings is 1. The van der Waals surface area contributed by atoms with Crippen molar-refractivity contribution in [1.29, 1.82) is 0 Å². The monoisotopic (exact) mass is 393 g/mol. The van der Waals surface area contributed by atoms with E-state index < -0.39 is 21.8 Å². The number of hydrogen-bond acceptors (Lipinski definition) is 5. The van der Waals surface area contributed by atoms with Crippen molar-refractivity contribution >= 4 is 21.8 Å². The van der Waals surface area contributed by atoms with Gasteiger partial charge in [0.25, 0.3) is 5.91 Å². The van der Waals surface area contributed by atoms with Crippen LogP contribution < -0.4 is 15.6 Å². The molecule has 9 heteroatoms. The van der Waals surface area contributed by atoms with Crippen LogP contribution in [0.2, 0.25) is 0 Å². The maximum absolute atomic E-state index is 12.2. The summed E-state index contributed by atoms with van der Waals surface area (Å²) < 4.78 is 32.1. The predicted octanol–water partition coefficient (Wildman–Crippen LogP) is 1.64. The Labute approximate surface area is 158 Å². The standard InChI is InChI=1S/C18H23N3O5S/c1-11-5-6-15(9-12(11)2)27(24,25)19-8-7-17(22)20-21-18(23)16-10-13(3)26-14(16)4/h5-6,9-10,19H,7-8H2,1-4H3,(H,20,22)(H,21,23). The van der Waals surface area contributed by atoms with Crippen molar-refractivity contribution in [3.05, 3.63) is 52.5 Å². The third-order valence-corrected chi connectivity index (χ3v) is 5.49. The Hall–Kier alpha value is -2.65. The van der Waals surface area contributed by atoms with Crippen molar-refractivity contribution < 1.29 is 22.4 Å². The highest BCUT2D eigenvalue weighted by molar-refractivity contribution is 7.89. The molecule has 0 saturated carbocycles. The van der Waals surface area contributed by atoms with Crippen molar-refractivity contribution in [2.24, 2.45) is 0 Å². The highest BCUT2D eigenvalue weighted by Crippen LogP contribution is 2.14. The maximum atomic E-state index is 12.2. The number of nitrogens with one attached hydrogen (secondary N) is 3. The molecule has 146 valence electrons. The second-order valence-corrected chi connectivity index (χ2v) is 7.99. The average Bonchev–Trinajstić information content (AvgIpc) is 2.93. The summed E-state index contributed by atoms with van der Waals surface area (Å²) in [5.74, 6) is 0.00236. The predicted molar refractivity (Wildman–Crippen MR) is 99.5 cm³/mol. The minimum absolute atomic E-state index is 0.0964. The van der Waals surface area contributed by atoms with Gasteiger partial charge in [-0.3, -0.25) is 20.4 Å². The molecule has 0 unspecified atom stereocenters. The van der Waals surface area contributed by atoms with Crippen LogP contribution in [0.15, 0.2) is 33.6 Å². The van der Waals surface area contributed by atoms with Gasteiger partial charge in [0.05, 0.1) is 10.5 Å². The highest BCUT2D eigenvalue weighted by Gasteiger charge is 2.16. The van der Waals surface area contributed by atoms with Gasteiger partial charge in [-0.2, -0.15) is 0 Å². The summed E-state index contributed by atoms with van der Waals surface area (Å²) in [5.41, 5.74) is 6.69. The molecule has 1 heterocycles. The van der Waals surface area contributed by atoms with Crippen molar-refractivity contribution in [3.8, 4) is 0 Å². The molecule has 0 bridgehead atoms. The Balaban J connectivity index is 1.82. The number of hydrogen-bond donors (Lipinski definition) is 3. The van der Waals surface area contributed by atoms with E-state index in [1.54, 1.807) is 32.0 Å². The summed E-state index contributed by atoms with van der Waals surface area (Å²) in [6.45, 7) is 6.98. The van der Waals surface area contributed by atoms with Crippen molar-refractivity contribution in [2.45, 2.75) is 39.0 Å². The van der Waals surface area contributed by atoms with Crippen LogP contribution >= 0.6 is 0 Å². The van der Waals surface area contributed by atoms with Gasteiger partial charge in [0.1, 0.15) is 11.5 Å². The molecule has 3 N–H and O–H groups in total. The summed E-state index contributed by atoms with van der Waals surface area (Å²) >= 11 is 0. The van der Waals surface area contributed by atoms with E-state index in [0.29, 0.717) is 17.1 Å². The minimum atomic E-state index is -3.70. The summed E-state index contributed by atoms with van der Waals surface area (Å²) in [6, 6.07) is 6.38. The van der Waals surface area contributed by atoms with E-state index in [4.69, 9.17) is 4.42 Å². The van der Waals surface area contributed by atoms with E-state index in [1.807, 2.05) is 13.8 Å². The fraction of sp³-hybridized carbons (Fsp3) is 0.333. The Kier molecular flexibility index (Phi) is 6.40. The first kappa shape index (κ1) is 20.7. The van der Waals surface area contributed by atoms with Gasteiger partial charge in [-0.1, -0.05) is 6.07 Å². The number of rotatable bonds is 6. The number of carbonyl (C=O) groups is 2. The van der Waals surface area contributed by atoms with Gasteiger partial charge < -0.3 is 4.42 Å². The molecule has 0 spiro atoms. The van der Waals surface area contributed by atoms with Crippen molar-refractivity contribution in [1.82, 2.24) is 15.6 Å². The van der Waals surface area contributed by atoms with Gasteiger partial charge in [0.15, 0.2) is 0 Å². The Morgan fingerprint density at radius 1 is 1.00 bits per heavy atom. The van der Waals surface area contributed by atoms with Gasteiger partial charge in [0.2, 0.25) is 15.9 Å². The molecule has 2 amide bonds. The van der Waals surface area contributed by atoms with Gasteiger partial charge in [0, 0.05) is 13.0 Å². The van der Waals surface area contributed by atoms with Crippen LogP contribution in [-0.4, -0.2) is 26.8 Å². The van der Waals surface area contributed by atoms with Crippen LogP contribution in [-0.2, 0) is 14.8 Å². The average molecular weight is 393 g/mol. The van der Waals surface area contributed by atoms with Crippen LogP contribution in [0.1, 0.15) is 39.4 Å². The van der Waals surface area contributed by atoms with Crippen LogP contribution in [0.3, 0.4) is 0 Å². The lowest BCUT2D eigenvalue weighted by Gasteiger charge is -2.09. The lowest BCUT2D eigenvalue weighted by molar-refractivity contribution is -0.121. The molecule has 0 atom stereocenters. The lowest BCUT2D eigenvalue weighted by atomic mass is 10.1. The molecule has 0 radical (unpaired) electrons. The molecule has 8 nitrogen and oxygen atoms in total. The Morgan fingerprint density at radius 3 is 2.30 bits per heavy atom. The summed E-state index contributed by atoms with van der Waals surface area (Å²) in [7, 11) is -3.70. The van der Waals surface area contributed by atoms with E-state index in [9.17, 15) is 18.0 Å². The fourth-order valence-electron chi connectivity index (χ4n) is 2.38. The second-order valence-electron chi connectivity index (χ2n) is 6.22. The summed E-state index contributed by atoms with van der Waals surface area (Å²) in [6.07, 6.45) is -0.131. The van der Waals surface area contributed by atoms with Crippen LogP contribution in [0.25, 0.3) is 0 Å². The largest absolute Gasteiger partial charge is 0.466 e. The smallest absolute Gasteiger partial charge is 0.273 e. The molecular formula is C18H23N3O5S. The first-order chi connectivity index (χ1) is 12.6. The van der Waals surface area contributed by atoms with Crippen LogP contribution in [0.4, 0.5) is 0 Å². The molecule has 0 aliphatic rings. The summed E-state index contributed by atoms with van der Waals surface area (Å²) in [4.78, 5) is 23.9. The van der Waals surface area contributed by atoms with Crippen molar-refractivity contribution in [2.75, 3.05) is 6.54 Å². The lowest BCUT2D eigenvalue weighted by Crippen LogP contribution is -2.42. The molecule has 1 aromatic heterocycles. The zero-order chi connectivity index (χ0) is 20.2. The zero-order valence-corrected chi connectivity index (χ0v) is 16.5. The van der Waals surface area contributed by atoms with E-state index in [0.717, 1.165) is 11.1 Å². The second kappa shape index (κ2) is 8.36. The topological polar surface area (TPSA) is 118 Å².